The number of fused-ring (bicyclic) bond motifs is 1. The van der Waals surface area contributed by atoms with E-state index in [4.69, 9.17) is 11.6 Å². The standard InChI is InChI=1S/C20H30ClN3/c1-5-12-24(15-20(2,3)4)13-6-10-22-18-9-11-23-19-14-16(21)7-8-17(18)19/h7-9,11,14H,5-6,10,12-13,15H2,1-4H3,(H,22,23). The number of nitrogens with zero attached hydrogens (tertiary/aromatic N) is 2. The van der Waals surface area contributed by atoms with Crippen LogP contribution in [0.25, 0.3) is 10.9 Å². The zero-order chi connectivity index (χ0) is 17.6. The number of benzene rings is 1. The summed E-state index contributed by atoms with van der Waals surface area (Å²) in [4.78, 5) is 6.97. The van der Waals surface area contributed by atoms with Crippen molar-refractivity contribution in [2.24, 2.45) is 5.41 Å². The van der Waals surface area contributed by atoms with Crippen molar-refractivity contribution >= 4 is 28.2 Å². The Kier molecular flexibility index (Phi) is 6.88. The van der Waals surface area contributed by atoms with Gasteiger partial charge < -0.3 is 10.2 Å². The van der Waals surface area contributed by atoms with Gasteiger partial charge in [-0.3, -0.25) is 4.98 Å². The molecule has 0 amide bonds. The molecule has 3 nitrogen and oxygen atoms in total. The highest BCUT2D eigenvalue weighted by Crippen LogP contribution is 2.24. The normalized spacial score (nSPS) is 12.1. The van der Waals surface area contributed by atoms with Crippen LogP contribution in [0.2, 0.25) is 5.02 Å². The molecule has 0 saturated carbocycles. The minimum Gasteiger partial charge on any atom is -0.384 e. The van der Waals surface area contributed by atoms with Crippen molar-refractivity contribution in [3.63, 3.8) is 0 Å². The maximum absolute atomic E-state index is 6.05. The van der Waals surface area contributed by atoms with Crippen LogP contribution in [0.1, 0.15) is 40.5 Å². The van der Waals surface area contributed by atoms with E-state index in [9.17, 15) is 0 Å². The maximum atomic E-state index is 6.05. The van der Waals surface area contributed by atoms with Crippen LogP contribution in [0.5, 0.6) is 0 Å². The number of halogens is 1. The van der Waals surface area contributed by atoms with E-state index in [1.807, 2.05) is 30.5 Å². The Morgan fingerprint density at radius 2 is 1.96 bits per heavy atom. The second-order valence-corrected chi connectivity index (χ2v) is 8.07. The summed E-state index contributed by atoms with van der Waals surface area (Å²) in [6.45, 7) is 13.6. The zero-order valence-electron chi connectivity index (χ0n) is 15.4. The first-order valence-corrected chi connectivity index (χ1v) is 9.27. The molecule has 0 fully saturated rings. The number of hydrogen-bond donors (Lipinski definition) is 1. The Labute approximate surface area is 151 Å². The molecule has 0 unspecified atom stereocenters. The van der Waals surface area contributed by atoms with Crippen molar-refractivity contribution in [1.82, 2.24) is 9.88 Å². The van der Waals surface area contributed by atoms with Crippen molar-refractivity contribution < 1.29 is 0 Å². The van der Waals surface area contributed by atoms with Crippen molar-refractivity contribution in [2.45, 2.75) is 40.5 Å². The average Bonchev–Trinajstić information content (AvgIpc) is 2.50. The average molecular weight is 348 g/mol. The topological polar surface area (TPSA) is 28.2 Å². The monoisotopic (exact) mass is 347 g/mol. The molecule has 132 valence electrons. The quantitative estimate of drug-likeness (QED) is 0.643. The minimum absolute atomic E-state index is 0.350. The van der Waals surface area contributed by atoms with Gasteiger partial charge in [0.2, 0.25) is 0 Å². The van der Waals surface area contributed by atoms with Gasteiger partial charge in [0.1, 0.15) is 0 Å². The molecule has 0 radical (unpaired) electrons. The predicted molar refractivity (Wildman–Crippen MR) is 106 cm³/mol. The van der Waals surface area contributed by atoms with E-state index < -0.39 is 0 Å². The third-order valence-corrected chi connectivity index (χ3v) is 4.14. The summed E-state index contributed by atoms with van der Waals surface area (Å²) in [5.74, 6) is 0. The number of anilines is 1. The van der Waals surface area contributed by atoms with Gasteiger partial charge in [0.05, 0.1) is 5.52 Å². The van der Waals surface area contributed by atoms with Crippen LogP contribution in [0.15, 0.2) is 30.5 Å². The molecule has 0 aliphatic rings. The third-order valence-electron chi connectivity index (χ3n) is 3.91. The van der Waals surface area contributed by atoms with Crippen LogP contribution in [-0.2, 0) is 0 Å². The Morgan fingerprint density at radius 1 is 1.17 bits per heavy atom. The molecule has 0 saturated heterocycles. The van der Waals surface area contributed by atoms with Crippen LogP contribution in [0.3, 0.4) is 0 Å². The number of rotatable bonds is 8. The molecule has 0 aliphatic heterocycles. The fourth-order valence-corrected chi connectivity index (χ4v) is 3.22. The molecule has 1 N–H and O–H groups in total. The second-order valence-electron chi connectivity index (χ2n) is 7.64. The molecule has 0 aliphatic carbocycles. The lowest BCUT2D eigenvalue weighted by molar-refractivity contribution is 0.191. The highest BCUT2D eigenvalue weighted by Gasteiger charge is 2.15. The van der Waals surface area contributed by atoms with Gasteiger partial charge >= 0.3 is 0 Å². The van der Waals surface area contributed by atoms with Crippen molar-refractivity contribution in [3.05, 3.63) is 35.5 Å². The van der Waals surface area contributed by atoms with Gasteiger partial charge in [0.25, 0.3) is 0 Å². The summed E-state index contributed by atoms with van der Waals surface area (Å²) in [6.07, 6.45) is 4.18. The highest BCUT2D eigenvalue weighted by atomic mass is 35.5. The van der Waals surface area contributed by atoms with Gasteiger partial charge in [-0.15, -0.1) is 0 Å². The fourth-order valence-electron chi connectivity index (χ4n) is 3.06. The van der Waals surface area contributed by atoms with E-state index in [1.165, 1.54) is 13.0 Å². The Balaban J connectivity index is 1.89. The molecule has 1 heterocycles. The summed E-state index contributed by atoms with van der Waals surface area (Å²) in [6, 6.07) is 7.91. The van der Waals surface area contributed by atoms with Gasteiger partial charge in [0.15, 0.2) is 0 Å². The summed E-state index contributed by atoms with van der Waals surface area (Å²) >= 11 is 6.05. The van der Waals surface area contributed by atoms with Crippen molar-refractivity contribution in [1.29, 1.82) is 0 Å². The summed E-state index contributed by atoms with van der Waals surface area (Å²) in [5, 5.41) is 5.41. The highest BCUT2D eigenvalue weighted by molar-refractivity contribution is 6.31. The molecule has 0 bridgehead atoms. The second kappa shape index (κ2) is 8.68. The minimum atomic E-state index is 0.350. The van der Waals surface area contributed by atoms with Crippen molar-refractivity contribution in [3.8, 4) is 0 Å². The first-order valence-electron chi connectivity index (χ1n) is 8.89. The fraction of sp³-hybridized carbons (Fsp3) is 0.550. The van der Waals surface area contributed by atoms with Crippen molar-refractivity contribution in [2.75, 3.05) is 31.5 Å². The molecule has 1 aromatic heterocycles. The molecule has 24 heavy (non-hydrogen) atoms. The van der Waals surface area contributed by atoms with Crippen LogP contribution in [-0.4, -0.2) is 36.1 Å². The van der Waals surface area contributed by atoms with Gasteiger partial charge in [-0.05, 0) is 55.6 Å². The van der Waals surface area contributed by atoms with Crippen LogP contribution >= 0.6 is 11.6 Å². The SMILES string of the molecule is CCCN(CCCNc1ccnc2cc(Cl)ccc12)CC(C)(C)C. The lowest BCUT2D eigenvalue weighted by atomic mass is 9.96. The van der Waals surface area contributed by atoms with E-state index in [0.29, 0.717) is 5.41 Å². The molecule has 0 atom stereocenters. The first kappa shape index (κ1) is 19.0. The van der Waals surface area contributed by atoms with E-state index in [2.05, 4.69) is 42.9 Å². The molecule has 2 rings (SSSR count). The van der Waals surface area contributed by atoms with E-state index in [-0.39, 0.29) is 0 Å². The summed E-state index contributed by atoms with van der Waals surface area (Å²) in [7, 11) is 0. The number of pyridine rings is 1. The number of hydrogen-bond acceptors (Lipinski definition) is 3. The van der Waals surface area contributed by atoms with E-state index in [0.717, 1.165) is 47.7 Å². The summed E-state index contributed by atoms with van der Waals surface area (Å²) in [5.41, 5.74) is 2.42. The van der Waals surface area contributed by atoms with Crippen LogP contribution < -0.4 is 5.32 Å². The smallest absolute Gasteiger partial charge is 0.0737 e. The number of aromatic nitrogens is 1. The van der Waals surface area contributed by atoms with Crippen LogP contribution in [0, 0.1) is 5.41 Å². The molecule has 4 heteroatoms. The molecular weight excluding hydrogens is 318 g/mol. The number of nitrogens with one attached hydrogen (secondary N) is 1. The summed E-state index contributed by atoms with van der Waals surface area (Å²) < 4.78 is 0. The predicted octanol–water partition coefficient (Wildman–Crippen LogP) is 5.45. The Hall–Kier alpha value is -1.32. The lowest BCUT2D eigenvalue weighted by Gasteiger charge is -2.29. The van der Waals surface area contributed by atoms with E-state index in [1.54, 1.807) is 0 Å². The Morgan fingerprint density at radius 3 is 2.67 bits per heavy atom. The first-order chi connectivity index (χ1) is 11.4. The van der Waals surface area contributed by atoms with Gasteiger partial charge in [0, 0.05) is 35.4 Å². The van der Waals surface area contributed by atoms with Gasteiger partial charge in [-0.25, -0.2) is 0 Å². The van der Waals surface area contributed by atoms with Gasteiger partial charge in [-0.2, -0.15) is 0 Å². The van der Waals surface area contributed by atoms with Crippen LogP contribution in [0.4, 0.5) is 5.69 Å². The maximum Gasteiger partial charge on any atom is 0.0737 e. The third kappa shape index (κ3) is 5.95. The largest absolute Gasteiger partial charge is 0.384 e. The molecule has 0 spiro atoms. The molecule has 1 aromatic carbocycles. The lowest BCUT2D eigenvalue weighted by Crippen LogP contribution is -2.34. The van der Waals surface area contributed by atoms with E-state index >= 15 is 0 Å². The zero-order valence-corrected chi connectivity index (χ0v) is 16.2. The van der Waals surface area contributed by atoms with Gasteiger partial charge in [-0.1, -0.05) is 39.3 Å². The molecule has 2 aromatic rings. The Bertz CT molecular complexity index is 649. The molecular formula is C20H30ClN3.